The summed E-state index contributed by atoms with van der Waals surface area (Å²) in [7, 11) is -3.67. The van der Waals surface area contributed by atoms with Gasteiger partial charge in [-0.1, -0.05) is 37.8 Å². The number of hydrogen-bond donors (Lipinski definition) is 2. The van der Waals surface area contributed by atoms with Gasteiger partial charge < -0.3 is 5.32 Å². The molecule has 1 aromatic heterocycles. The van der Waals surface area contributed by atoms with E-state index in [0.717, 1.165) is 63.7 Å². The summed E-state index contributed by atoms with van der Waals surface area (Å²) in [5.41, 5.74) is -0.236. The minimum absolute atomic E-state index is 0.00154. The average molecular weight is 574 g/mol. The van der Waals surface area contributed by atoms with E-state index < -0.39 is 33.6 Å². The lowest BCUT2D eigenvalue weighted by atomic mass is 9.72. The van der Waals surface area contributed by atoms with Crippen LogP contribution in [-0.2, 0) is 27.5 Å². The van der Waals surface area contributed by atoms with Crippen LogP contribution in [0.5, 0.6) is 0 Å². The highest BCUT2D eigenvalue weighted by molar-refractivity contribution is 7.99. The van der Waals surface area contributed by atoms with Crippen LogP contribution in [0.2, 0.25) is 0 Å². The normalized spacial score (nSPS) is 18.0. The van der Waals surface area contributed by atoms with E-state index in [4.69, 9.17) is 0 Å². The predicted octanol–water partition coefficient (Wildman–Crippen LogP) is 6.24. The minimum atomic E-state index is -4.57. The highest BCUT2D eigenvalue weighted by Crippen LogP contribution is 2.41. The molecule has 0 bridgehead atoms. The molecule has 4 rings (SSSR count). The topological polar surface area (TPSA) is 88.2 Å². The smallest absolute Gasteiger partial charge is 0.351 e. The zero-order chi connectivity index (χ0) is 27.5. The zero-order valence-corrected chi connectivity index (χ0v) is 22.6. The Balaban J connectivity index is 1.53. The van der Waals surface area contributed by atoms with Crippen LogP contribution in [-0.4, -0.2) is 30.8 Å². The molecule has 0 saturated heterocycles. The van der Waals surface area contributed by atoms with Gasteiger partial charge in [0.05, 0.1) is 17.9 Å². The number of carbonyl (C=O) groups excluding carboxylic acids is 1. The lowest BCUT2D eigenvalue weighted by Crippen LogP contribution is -2.36. The Labute approximate surface area is 224 Å². The van der Waals surface area contributed by atoms with Gasteiger partial charge in [0.1, 0.15) is 16.5 Å². The number of hydrogen-bond acceptors (Lipinski definition) is 5. The summed E-state index contributed by atoms with van der Waals surface area (Å²) in [5, 5.41) is 3.30. The van der Waals surface area contributed by atoms with Crippen LogP contribution in [0, 0.1) is 11.7 Å². The predicted molar refractivity (Wildman–Crippen MR) is 139 cm³/mol. The number of nitrogens with zero attached hydrogens (tertiary/aromatic N) is 1. The molecule has 1 unspecified atom stereocenters. The van der Waals surface area contributed by atoms with Crippen molar-refractivity contribution in [3.63, 3.8) is 0 Å². The van der Waals surface area contributed by atoms with E-state index in [0.29, 0.717) is 11.1 Å². The number of halogens is 4. The number of nitrogens with one attached hydrogen (secondary N) is 2. The van der Waals surface area contributed by atoms with E-state index in [2.05, 4.69) is 15.0 Å². The molecule has 2 N–H and O–H groups in total. The van der Waals surface area contributed by atoms with Crippen molar-refractivity contribution in [2.24, 2.45) is 5.92 Å². The van der Waals surface area contributed by atoms with Crippen LogP contribution >= 0.6 is 11.8 Å². The number of sulfonamides is 1. The number of pyridine rings is 1. The average Bonchev–Trinajstić information content (AvgIpc) is 2.81. The van der Waals surface area contributed by atoms with E-state index in [1.165, 1.54) is 36.0 Å². The Kier molecular flexibility index (Phi) is 8.91. The van der Waals surface area contributed by atoms with Crippen molar-refractivity contribution in [2.75, 3.05) is 11.0 Å². The molecule has 1 heterocycles. The van der Waals surface area contributed by atoms with Crippen LogP contribution in [0.1, 0.15) is 74.1 Å². The van der Waals surface area contributed by atoms with Crippen LogP contribution in [0.15, 0.2) is 35.4 Å². The van der Waals surface area contributed by atoms with Crippen LogP contribution < -0.4 is 10.0 Å². The monoisotopic (exact) mass is 573 g/mol. The molecular weight excluding hydrogens is 542 g/mol. The molecule has 38 heavy (non-hydrogen) atoms. The largest absolute Gasteiger partial charge is 0.433 e. The molecule has 2 fully saturated rings. The number of carbonyl (C=O) groups is 1. The SMILES string of the molecule is CS(=O)(=O)Nc1ccc(C(C(=O)NCc2ccc(C(F)(F)F)nc2SC2CCCCC2)C2CCC2)cc1F. The molecule has 0 aliphatic heterocycles. The van der Waals surface area contributed by atoms with Crippen LogP contribution in [0.25, 0.3) is 0 Å². The third-order valence-electron chi connectivity index (χ3n) is 7.06. The van der Waals surface area contributed by atoms with Gasteiger partial charge in [-0.2, -0.15) is 13.2 Å². The summed E-state index contributed by atoms with van der Waals surface area (Å²) in [6.07, 6.45) is 3.86. The highest BCUT2D eigenvalue weighted by Gasteiger charge is 2.35. The summed E-state index contributed by atoms with van der Waals surface area (Å²) in [6, 6.07) is 6.29. The maximum atomic E-state index is 14.7. The lowest BCUT2D eigenvalue weighted by molar-refractivity contribution is -0.141. The summed E-state index contributed by atoms with van der Waals surface area (Å²) < 4.78 is 79.8. The number of alkyl halides is 3. The number of rotatable bonds is 9. The Morgan fingerprint density at radius 3 is 2.37 bits per heavy atom. The Morgan fingerprint density at radius 1 is 1.08 bits per heavy atom. The highest BCUT2D eigenvalue weighted by atomic mass is 32.2. The first kappa shape index (κ1) is 28.7. The molecule has 0 radical (unpaired) electrons. The van der Waals surface area contributed by atoms with E-state index in [-0.39, 0.29) is 34.3 Å². The van der Waals surface area contributed by atoms with E-state index in [1.54, 1.807) is 0 Å². The van der Waals surface area contributed by atoms with Crippen molar-refractivity contribution in [1.82, 2.24) is 10.3 Å². The first-order valence-corrected chi connectivity index (χ1v) is 15.5. The number of benzene rings is 1. The van der Waals surface area contributed by atoms with Gasteiger partial charge in [0.15, 0.2) is 0 Å². The maximum Gasteiger partial charge on any atom is 0.433 e. The summed E-state index contributed by atoms with van der Waals surface area (Å²) in [5.74, 6) is -1.82. The fourth-order valence-electron chi connectivity index (χ4n) is 4.91. The van der Waals surface area contributed by atoms with Gasteiger partial charge in [-0.15, -0.1) is 11.8 Å². The van der Waals surface area contributed by atoms with Gasteiger partial charge >= 0.3 is 6.18 Å². The van der Waals surface area contributed by atoms with Gasteiger partial charge in [0.25, 0.3) is 0 Å². The molecule has 1 atom stereocenters. The lowest BCUT2D eigenvalue weighted by Gasteiger charge is -2.33. The van der Waals surface area contributed by atoms with Gasteiger partial charge in [0.2, 0.25) is 15.9 Å². The second kappa shape index (κ2) is 11.8. The fourth-order valence-corrected chi connectivity index (χ4v) is 6.81. The van der Waals surface area contributed by atoms with Crippen LogP contribution in [0.3, 0.4) is 0 Å². The molecular formula is C26H31F4N3O3S2. The van der Waals surface area contributed by atoms with Crippen molar-refractivity contribution in [3.8, 4) is 0 Å². The Bertz CT molecular complexity index is 1260. The summed E-state index contributed by atoms with van der Waals surface area (Å²) in [4.78, 5) is 17.3. The van der Waals surface area contributed by atoms with Crippen molar-refractivity contribution in [1.29, 1.82) is 0 Å². The summed E-state index contributed by atoms with van der Waals surface area (Å²) in [6.45, 7) is -0.00154. The Hall–Kier alpha value is -2.34. The van der Waals surface area contributed by atoms with Crippen molar-refractivity contribution in [3.05, 3.63) is 53.0 Å². The zero-order valence-electron chi connectivity index (χ0n) is 21.0. The number of aromatic nitrogens is 1. The minimum Gasteiger partial charge on any atom is -0.351 e. The quantitative estimate of drug-likeness (QED) is 0.347. The molecule has 208 valence electrons. The first-order chi connectivity index (χ1) is 17.9. The molecule has 2 saturated carbocycles. The van der Waals surface area contributed by atoms with Gasteiger partial charge in [0, 0.05) is 17.4 Å². The van der Waals surface area contributed by atoms with Crippen molar-refractivity contribution in [2.45, 2.75) is 80.3 Å². The summed E-state index contributed by atoms with van der Waals surface area (Å²) >= 11 is 1.34. The standard InChI is InChI=1S/C26H31F4N3O3S2/c1-38(35,36)33-21-12-10-17(14-20(21)27)23(16-6-5-7-16)24(34)31-15-18-11-13-22(26(28,29)30)32-25(18)37-19-8-3-2-4-9-19/h10-14,16,19,23,33H,2-9,15H2,1H3,(H,31,34). The van der Waals surface area contributed by atoms with Crippen molar-refractivity contribution >= 4 is 33.4 Å². The van der Waals surface area contributed by atoms with Crippen molar-refractivity contribution < 1.29 is 30.8 Å². The van der Waals surface area contributed by atoms with Gasteiger partial charge in [-0.25, -0.2) is 17.8 Å². The number of anilines is 1. The third kappa shape index (κ3) is 7.40. The molecule has 2 aromatic rings. The molecule has 6 nitrogen and oxygen atoms in total. The third-order valence-corrected chi connectivity index (χ3v) is 9.04. The molecule has 2 aliphatic carbocycles. The molecule has 1 aromatic carbocycles. The fraction of sp³-hybridized carbons (Fsp3) is 0.538. The Morgan fingerprint density at radius 2 is 1.79 bits per heavy atom. The van der Waals surface area contributed by atoms with Gasteiger partial charge in [-0.3, -0.25) is 9.52 Å². The van der Waals surface area contributed by atoms with E-state index in [9.17, 15) is 30.8 Å². The molecule has 1 amide bonds. The van der Waals surface area contributed by atoms with Gasteiger partial charge in [-0.05, 0) is 55.4 Å². The molecule has 0 spiro atoms. The second-order valence-electron chi connectivity index (χ2n) is 10.0. The van der Waals surface area contributed by atoms with Crippen LogP contribution in [0.4, 0.5) is 23.2 Å². The molecule has 12 heteroatoms. The molecule has 2 aliphatic rings. The van der Waals surface area contributed by atoms with E-state index >= 15 is 0 Å². The number of thioether (sulfide) groups is 1. The maximum absolute atomic E-state index is 14.7. The second-order valence-corrected chi connectivity index (χ2v) is 13.1. The van der Waals surface area contributed by atoms with E-state index in [1.807, 2.05) is 0 Å². The number of amides is 1. The first-order valence-electron chi connectivity index (χ1n) is 12.7.